The summed E-state index contributed by atoms with van der Waals surface area (Å²) in [6.07, 6.45) is -1.43. The molecule has 0 saturated heterocycles. The lowest BCUT2D eigenvalue weighted by molar-refractivity contribution is -0.141. The maximum atomic E-state index is 12.7. The monoisotopic (exact) mass is 377 g/mol. The topological polar surface area (TPSA) is 66.4 Å². The van der Waals surface area contributed by atoms with Crippen molar-refractivity contribution in [3.05, 3.63) is 77.4 Å². The summed E-state index contributed by atoms with van der Waals surface area (Å²) in [6, 6.07) is 12.4. The van der Waals surface area contributed by atoms with Crippen molar-refractivity contribution in [2.24, 2.45) is 0 Å². The van der Waals surface area contributed by atoms with Crippen LogP contribution in [0.1, 0.15) is 23.1 Å². The van der Waals surface area contributed by atoms with Crippen LogP contribution in [-0.2, 0) is 22.2 Å². The Morgan fingerprint density at radius 1 is 1.07 bits per heavy atom. The van der Waals surface area contributed by atoms with Gasteiger partial charge >= 0.3 is 12.1 Å². The highest BCUT2D eigenvalue weighted by molar-refractivity contribution is 5.85. The van der Waals surface area contributed by atoms with Crippen LogP contribution >= 0.6 is 0 Å². The van der Waals surface area contributed by atoms with Gasteiger partial charge < -0.3 is 10.4 Å². The van der Waals surface area contributed by atoms with Gasteiger partial charge in [-0.15, -0.1) is 0 Å². The minimum Gasteiger partial charge on any atom is -0.480 e. The largest absolute Gasteiger partial charge is 0.480 e. The molecule has 2 aromatic carbocycles. The number of carbonyl (C=O) groups is 2. The van der Waals surface area contributed by atoms with Gasteiger partial charge in [-0.25, -0.2) is 4.79 Å². The van der Waals surface area contributed by atoms with Crippen LogP contribution in [0.3, 0.4) is 0 Å². The SMILES string of the molecule is O=C(Cc1cccc(C(F)(F)F)c1)N[C@H](C/C=C/c1ccccc1)C(=O)O. The van der Waals surface area contributed by atoms with Crippen LogP contribution in [-0.4, -0.2) is 23.0 Å². The molecule has 7 heteroatoms. The number of alkyl halides is 3. The van der Waals surface area contributed by atoms with Crippen molar-refractivity contribution in [2.45, 2.75) is 25.1 Å². The van der Waals surface area contributed by atoms with Gasteiger partial charge in [-0.2, -0.15) is 13.2 Å². The Hall–Kier alpha value is -3.09. The third-order valence-corrected chi connectivity index (χ3v) is 3.73. The summed E-state index contributed by atoms with van der Waals surface area (Å²) in [5.41, 5.74) is 0.191. The predicted octanol–water partition coefficient (Wildman–Crippen LogP) is 3.92. The van der Waals surface area contributed by atoms with Crippen molar-refractivity contribution in [1.29, 1.82) is 0 Å². The quantitative estimate of drug-likeness (QED) is 0.769. The molecule has 0 bridgehead atoms. The smallest absolute Gasteiger partial charge is 0.416 e. The Bertz CT molecular complexity index is 817. The first kappa shape index (κ1) is 20.2. The van der Waals surface area contributed by atoms with Gasteiger partial charge in [0.15, 0.2) is 0 Å². The maximum absolute atomic E-state index is 12.7. The number of benzene rings is 2. The first-order chi connectivity index (χ1) is 12.8. The van der Waals surface area contributed by atoms with E-state index >= 15 is 0 Å². The maximum Gasteiger partial charge on any atom is 0.416 e. The number of halogens is 3. The zero-order chi connectivity index (χ0) is 19.9. The van der Waals surface area contributed by atoms with Crippen LogP contribution in [0.5, 0.6) is 0 Å². The van der Waals surface area contributed by atoms with Crippen molar-refractivity contribution in [3.63, 3.8) is 0 Å². The van der Waals surface area contributed by atoms with E-state index in [4.69, 9.17) is 0 Å². The summed E-state index contributed by atoms with van der Waals surface area (Å²) in [5, 5.41) is 11.6. The minimum absolute atomic E-state index is 0.0541. The molecule has 2 aromatic rings. The van der Waals surface area contributed by atoms with Crippen LogP contribution in [0.25, 0.3) is 6.08 Å². The Morgan fingerprint density at radius 2 is 1.78 bits per heavy atom. The van der Waals surface area contributed by atoms with Crippen LogP contribution in [0, 0.1) is 0 Å². The number of rotatable bonds is 7. The van der Waals surface area contributed by atoms with Crippen molar-refractivity contribution in [1.82, 2.24) is 5.32 Å². The molecular weight excluding hydrogens is 359 g/mol. The summed E-state index contributed by atoms with van der Waals surface area (Å²) in [4.78, 5) is 23.4. The van der Waals surface area contributed by atoms with Gasteiger partial charge in [-0.05, 0) is 23.6 Å². The molecule has 0 saturated carbocycles. The number of carbonyl (C=O) groups excluding carboxylic acids is 1. The number of aliphatic carboxylic acids is 1. The lowest BCUT2D eigenvalue weighted by Crippen LogP contribution is -2.41. The highest BCUT2D eigenvalue weighted by atomic mass is 19.4. The lowest BCUT2D eigenvalue weighted by Gasteiger charge is -2.13. The second kappa shape index (κ2) is 9.02. The third kappa shape index (κ3) is 6.62. The second-order valence-corrected chi connectivity index (χ2v) is 5.88. The highest BCUT2D eigenvalue weighted by Gasteiger charge is 2.30. The molecule has 0 aliphatic heterocycles. The third-order valence-electron chi connectivity index (χ3n) is 3.73. The Balaban J connectivity index is 1.97. The zero-order valence-corrected chi connectivity index (χ0v) is 14.2. The van der Waals surface area contributed by atoms with Gasteiger partial charge in [0.2, 0.25) is 5.91 Å². The number of carboxylic acids is 1. The molecule has 2 rings (SSSR count). The average molecular weight is 377 g/mol. The molecule has 0 aromatic heterocycles. The summed E-state index contributed by atoms with van der Waals surface area (Å²) < 4.78 is 38.1. The summed E-state index contributed by atoms with van der Waals surface area (Å²) in [6.45, 7) is 0. The molecule has 142 valence electrons. The van der Waals surface area contributed by atoms with Gasteiger partial charge in [-0.1, -0.05) is 60.7 Å². The molecule has 0 aliphatic rings. The van der Waals surface area contributed by atoms with Gasteiger partial charge in [0.1, 0.15) is 6.04 Å². The van der Waals surface area contributed by atoms with E-state index in [1.54, 1.807) is 12.2 Å². The minimum atomic E-state index is -4.50. The average Bonchev–Trinajstić information content (AvgIpc) is 2.61. The standard InChI is InChI=1S/C20H18F3NO3/c21-20(22,23)16-10-4-9-15(12-16)13-18(25)24-17(19(26)27)11-5-8-14-6-2-1-3-7-14/h1-10,12,17H,11,13H2,(H,24,25)(H,26,27)/b8-5+/t17-/m1/s1. The molecule has 0 heterocycles. The first-order valence-corrected chi connectivity index (χ1v) is 8.15. The molecule has 1 atom stereocenters. The van der Waals surface area contributed by atoms with E-state index in [1.165, 1.54) is 12.1 Å². The number of hydrogen-bond acceptors (Lipinski definition) is 2. The molecule has 27 heavy (non-hydrogen) atoms. The number of nitrogens with one attached hydrogen (secondary N) is 1. The number of amides is 1. The van der Waals surface area contributed by atoms with Gasteiger partial charge in [0.05, 0.1) is 12.0 Å². The van der Waals surface area contributed by atoms with E-state index in [2.05, 4.69) is 5.32 Å². The Labute approximate surface area is 154 Å². The molecular formula is C20H18F3NO3. The lowest BCUT2D eigenvalue weighted by atomic mass is 10.1. The van der Waals surface area contributed by atoms with Crippen molar-refractivity contribution < 1.29 is 27.9 Å². The van der Waals surface area contributed by atoms with Crippen molar-refractivity contribution >= 4 is 18.0 Å². The fourth-order valence-electron chi connectivity index (χ4n) is 2.41. The van der Waals surface area contributed by atoms with Gasteiger partial charge in [0, 0.05) is 0 Å². The molecule has 2 N–H and O–H groups in total. The molecule has 1 amide bonds. The van der Waals surface area contributed by atoms with E-state index in [-0.39, 0.29) is 18.4 Å². The van der Waals surface area contributed by atoms with Crippen LogP contribution in [0.4, 0.5) is 13.2 Å². The van der Waals surface area contributed by atoms with Crippen LogP contribution < -0.4 is 5.32 Å². The second-order valence-electron chi connectivity index (χ2n) is 5.88. The van der Waals surface area contributed by atoms with Crippen molar-refractivity contribution in [3.8, 4) is 0 Å². The normalized spacial score (nSPS) is 12.7. The number of carboxylic acid groups (broad SMARTS) is 1. The fraction of sp³-hybridized carbons (Fsp3) is 0.200. The molecule has 0 radical (unpaired) electrons. The van der Waals surface area contributed by atoms with E-state index in [1.807, 2.05) is 30.3 Å². The molecule has 0 unspecified atom stereocenters. The first-order valence-electron chi connectivity index (χ1n) is 8.15. The van der Waals surface area contributed by atoms with E-state index in [9.17, 15) is 27.9 Å². The van der Waals surface area contributed by atoms with Crippen LogP contribution in [0.2, 0.25) is 0 Å². The van der Waals surface area contributed by atoms with E-state index in [0.717, 1.165) is 17.7 Å². The molecule has 4 nitrogen and oxygen atoms in total. The van der Waals surface area contributed by atoms with Crippen molar-refractivity contribution in [2.75, 3.05) is 0 Å². The summed E-state index contributed by atoms with van der Waals surface area (Å²) in [5.74, 6) is -1.88. The van der Waals surface area contributed by atoms with E-state index in [0.29, 0.717) is 0 Å². The predicted molar refractivity (Wildman–Crippen MR) is 94.8 cm³/mol. The van der Waals surface area contributed by atoms with Gasteiger partial charge in [0.25, 0.3) is 0 Å². The fourth-order valence-corrected chi connectivity index (χ4v) is 2.41. The Morgan fingerprint density at radius 3 is 2.41 bits per heavy atom. The highest BCUT2D eigenvalue weighted by Crippen LogP contribution is 2.29. The summed E-state index contributed by atoms with van der Waals surface area (Å²) >= 11 is 0. The van der Waals surface area contributed by atoms with E-state index < -0.39 is 29.7 Å². The van der Waals surface area contributed by atoms with Gasteiger partial charge in [-0.3, -0.25) is 4.79 Å². The zero-order valence-electron chi connectivity index (χ0n) is 14.2. The summed E-state index contributed by atoms with van der Waals surface area (Å²) in [7, 11) is 0. The Kier molecular flexibility index (Phi) is 6.76. The van der Waals surface area contributed by atoms with Crippen LogP contribution in [0.15, 0.2) is 60.7 Å². The molecule has 0 fully saturated rings. The molecule has 0 spiro atoms. The molecule has 0 aliphatic carbocycles. The number of hydrogen-bond donors (Lipinski definition) is 2.